The van der Waals surface area contributed by atoms with Crippen LogP contribution in [0.15, 0.2) is 4.99 Å². The number of nitrogens with two attached hydrogens (primary N) is 1. The number of ether oxygens (including phenoxy) is 1. The summed E-state index contributed by atoms with van der Waals surface area (Å²) in [6.07, 6.45) is 7.32. The van der Waals surface area contributed by atoms with Gasteiger partial charge < -0.3 is 15.8 Å². The molecular formula is C14H27N3O2. The summed E-state index contributed by atoms with van der Waals surface area (Å²) in [6.45, 7) is 5.48. The quantitative estimate of drug-likeness (QED) is 0.355. The lowest BCUT2D eigenvalue weighted by molar-refractivity contribution is -0.152. The van der Waals surface area contributed by atoms with Crippen LogP contribution in [0.3, 0.4) is 0 Å². The Labute approximate surface area is 116 Å². The molecule has 110 valence electrons. The van der Waals surface area contributed by atoms with Gasteiger partial charge in [-0.15, -0.1) is 0 Å². The van der Waals surface area contributed by atoms with Crippen molar-refractivity contribution in [2.75, 3.05) is 6.54 Å². The van der Waals surface area contributed by atoms with Crippen molar-refractivity contribution in [3.05, 3.63) is 0 Å². The molecule has 3 N–H and O–H groups in total. The molecule has 0 spiro atoms. The van der Waals surface area contributed by atoms with E-state index in [0.29, 0.717) is 12.0 Å². The van der Waals surface area contributed by atoms with Crippen LogP contribution in [0.1, 0.15) is 59.3 Å². The Morgan fingerprint density at radius 1 is 1.26 bits per heavy atom. The maximum absolute atomic E-state index is 11.5. The lowest BCUT2D eigenvalue weighted by Gasteiger charge is -2.19. The molecule has 0 aliphatic heterocycles. The van der Waals surface area contributed by atoms with Crippen LogP contribution in [0.5, 0.6) is 0 Å². The first kappa shape index (κ1) is 15.8. The van der Waals surface area contributed by atoms with Gasteiger partial charge in [0.25, 0.3) is 0 Å². The summed E-state index contributed by atoms with van der Waals surface area (Å²) in [7, 11) is 0. The van der Waals surface area contributed by atoms with Gasteiger partial charge in [-0.1, -0.05) is 25.7 Å². The van der Waals surface area contributed by atoms with Gasteiger partial charge in [0.15, 0.2) is 5.96 Å². The minimum atomic E-state index is -0.476. The fourth-order valence-corrected chi connectivity index (χ4v) is 2.20. The number of nitrogens with zero attached hydrogens (tertiary/aromatic N) is 1. The molecule has 0 heterocycles. The first-order valence-corrected chi connectivity index (χ1v) is 7.15. The predicted molar refractivity (Wildman–Crippen MR) is 77.0 cm³/mol. The average Bonchev–Trinajstić information content (AvgIpc) is 2.53. The van der Waals surface area contributed by atoms with Crippen LogP contribution in [0.4, 0.5) is 0 Å². The predicted octanol–water partition coefficient (Wildman–Crippen LogP) is 1.96. The lowest BCUT2D eigenvalue weighted by Crippen LogP contribution is -2.40. The maximum atomic E-state index is 11.5. The van der Waals surface area contributed by atoms with Gasteiger partial charge in [-0.2, -0.15) is 0 Å². The number of esters is 1. The van der Waals surface area contributed by atoms with E-state index < -0.39 is 5.60 Å². The van der Waals surface area contributed by atoms with Gasteiger partial charge >= 0.3 is 5.97 Å². The van der Waals surface area contributed by atoms with Crippen LogP contribution < -0.4 is 11.1 Å². The van der Waals surface area contributed by atoms with Crippen LogP contribution in [0, 0.1) is 0 Å². The molecule has 0 bridgehead atoms. The summed E-state index contributed by atoms with van der Waals surface area (Å²) in [4.78, 5) is 15.5. The van der Waals surface area contributed by atoms with Gasteiger partial charge in [0.1, 0.15) is 12.1 Å². The molecule has 0 aromatic rings. The molecule has 1 aliphatic carbocycles. The van der Waals surface area contributed by atoms with Gasteiger partial charge in [-0.05, 0) is 33.6 Å². The van der Waals surface area contributed by atoms with Crippen molar-refractivity contribution in [2.45, 2.75) is 70.9 Å². The molecule has 1 fully saturated rings. The number of aliphatic imine (C=N–C) groups is 1. The standard InChI is InChI=1S/C14H27N3O2/c1-14(2,3)19-12(18)10-16-13(15)17-11-8-6-4-5-7-9-11/h11H,4-10H2,1-3H3,(H3,15,16,17). The second-order valence-corrected chi connectivity index (χ2v) is 6.12. The Morgan fingerprint density at radius 2 is 1.84 bits per heavy atom. The molecule has 5 heteroatoms. The van der Waals surface area contributed by atoms with Crippen LogP contribution in [-0.4, -0.2) is 30.1 Å². The van der Waals surface area contributed by atoms with E-state index in [1.165, 1.54) is 25.7 Å². The number of hydrogen-bond acceptors (Lipinski definition) is 3. The SMILES string of the molecule is CC(C)(C)OC(=O)CN=C(N)NC1CCCCCC1. The fraction of sp³-hybridized carbons (Fsp3) is 0.857. The molecule has 0 aromatic carbocycles. The Morgan fingerprint density at radius 3 is 2.37 bits per heavy atom. The summed E-state index contributed by atoms with van der Waals surface area (Å²) in [5, 5.41) is 3.20. The molecule has 19 heavy (non-hydrogen) atoms. The molecule has 0 radical (unpaired) electrons. The Balaban J connectivity index is 2.33. The monoisotopic (exact) mass is 269 g/mol. The Bertz CT molecular complexity index is 313. The summed E-state index contributed by atoms with van der Waals surface area (Å²) in [6, 6.07) is 0.393. The third-order valence-electron chi connectivity index (χ3n) is 3.01. The molecule has 0 atom stereocenters. The summed E-state index contributed by atoms with van der Waals surface area (Å²) in [5.41, 5.74) is 5.32. The van der Waals surface area contributed by atoms with E-state index in [-0.39, 0.29) is 12.5 Å². The van der Waals surface area contributed by atoms with Crippen molar-refractivity contribution in [1.82, 2.24) is 5.32 Å². The average molecular weight is 269 g/mol. The third kappa shape index (κ3) is 7.70. The van der Waals surface area contributed by atoms with Crippen molar-refractivity contribution >= 4 is 11.9 Å². The molecule has 0 amide bonds. The first-order chi connectivity index (χ1) is 8.87. The number of carbonyl (C=O) groups excluding carboxylic acids is 1. The molecule has 0 aromatic heterocycles. The molecule has 1 saturated carbocycles. The Kier molecular flexibility index (Phi) is 6.12. The minimum Gasteiger partial charge on any atom is -0.459 e. The molecule has 0 unspecified atom stereocenters. The number of nitrogens with one attached hydrogen (secondary N) is 1. The van der Waals surface area contributed by atoms with E-state index in [1.54, 1.807) is 0 Å². The van der Waals surface area contributed by atoms with Crippen LogP contribution in [-0.2, 0) is 9.53 Å². The van der Waals surface area contributed by atoms with Gasteiger partial charge in [-0.25, -0.2) is 4.99 Å². The summed E-state index contributed by atoms with van der Waals surface area (Å²) < 4.78 is 5.17. The molecule has 5 nitrogen and oxygen atoms in total. The summed E-state index contributed by atoms with van der Waals surface area (Å²) >= 11 is 0. The van der Waals surface area contributed by atoms with Crippen molar-refractivity contribution in [3.63, 3.8) is 0 Å². The van der Waals surface area contributed by atoms with Crippen molar-refractivity contribution in [2.24, 2.45) is 10.7 Å². The van der Waals surface area contributed by atoms with E-state index in [9.17, 15) is 4.79 Å². The number of carbonyl (C=O) groups is 1. The van der Waals surface area contributed by atoms with Gasteiger partial charge in [0.05, 0.1) is 0 Å². The molecule has 1 rings (SSSR count). The third-order valence-corrected chi connectivity index (χ3v) is 3.01. The zero-order chi connectivity index (χ0) is 14.3. The highest BCUT2D eigenvalue weighted by molar-refractivity contribution is 5.81. The molecule has 1 aliphatic rings. The van der Waals surface area contributed by atoms with Gasteiger partial charge in [0.2, 0.25) is 0 Å². The molecular weight excluding hydrogens is 242 g/mol. The highest BCUT2D eigenvalue weighted by atomic mass is 16.6. The zero-order valence-corrected chi connectivity index (χ0v) is 12.4. The van der Waals surface area contributed by atoms with Crippen molar-refractivity contribution in [3.8, 4) is 0 Å². The zero-order valence-electron chi connectivity index (χ0n) is 12.4. The van der Waals surface area contributed by atoms with E-state index in [0.717, 1.165) is 12.8 Å². The second-order valence-electron chi connectivity index (χ2n) is 6.12. The number of rotatable bonds is 3. The van der Waals surface area contributed by atoms with E-state index in [4.69, 9.17) is 10.5 Å². The lowest BCUT2D eigenvalue weighted by atomic mass is 10.1. The maximum Gasteiger partial charge on any atom is 0.328 e. The van der Waals surface area contributed by atoms with E-state index in [2.05, 4.69) is 10.3 Å². The van der Waals surface area contributed by atoms with Gasteiger partial charge in [0, 0.05) is 6.04 Å². The summed E-state index contributed by atoms with van der Waals surface area (Å²) in [5.74, 6) is -0.00382. The minimum absolute atomic E-state index is 0.0250. The largest absolute Gasteiger partial charge is 0.459 e. The van der Waals surface area contributed by atoms with Gasteiger partial charge in [-0.3, -0.25) is 4.79 Å². The van der Waals surface area contributed by atoms with Crippen LogP contribution in [0.2, 0.25) is 0 Å². The number of hydrogen-bond donors (Lipinski definition) is 2. The van der Waals surface area contributed by atoms with Crippen LogP contribution in [0.25, 0.3) is 0 Å². The molecule has 0 saturated heterocycles. The Hall–Kier alpha value is -1.26. The normalized spacial score (nSPS) is 18.8. The second kappa shape index (κ2) is 7.36. The van der Waals surface area contributed by atoms with E-state index >= 15 is 0 Å². The van der Waals surface area contributed by atoms with E-state index in [1.807, 2.05) is 20.8 Å². The highest BCUT2D eigenvalue weighted by Crippen LogP contribution is 2.16. The fourth-order valence-electron chi connectivity index (χ4n) is 2.20. The topological polar surface area (TPSA) is 76.7 Å². The van der Waals surface area contributed by atoms with Crippen molar-refractivity contribution in [1.29, 1.82) is 0 Å². The van der Waals surface area contributed by atoms with Crippen molar-refractivity contribution < 1.29 is 9.53 Å². The first-order valence-electron chi connectivity index (χ1n) is 7.15. The smallest absolute Gasteiger partial charge is 0.328 e. The number of guanidine groups is 1. The highest BCUT2D eigenvalue weighted by Gasteiger charge is 2.16. The van der Waals surface area contributed by atoms with Crippen LogP contribution >= 0.6 is 0 Å².